The fourth-order valence-corrected chi connectivity index (χ4v) is 10.1. The molecule has 0 aromatic heterocycles. The second-order valence-corrected chi connectivity index (χ2v) is 21.4. The number of aliphatic hydroxyl groups excluding tert-OH is 7. The normalized spacial score (nSPS) is 30.9. The van der Waals surface area contributed by atoms with E-state index in [9.17, 15) is 73.9 Å². The second-order valence-electron chi connectivity index (χ2n) is 18.8. The minimum atomic E-state index is -5.81. The Hall–Kier alpha value is -2.23. The van der Waals surface area contributed by atoms with Gasteiger partial charge in [0.05, 0.1) is 37.1 Å². The molecule has 1 aliphatic heterocycles. The molecule has 13 atom stereocenters. The molecular weight excluding hydrogens is 970 g/mol. The van der Waals surface area contributed by atoms with Crippen LogP contribution in [0.15, 0.2) is 36.5 Å². The number of aliphatic hydroxyl groups is 7. The smallest absolute Gasteiger partial charge is 0.462 e. The first-order chi connectivity index (χ1) is 33.7. The zero-order valence-electron chi connectivity index (χ0n) is 41.7. The third-order valence-corrected chi connectivity index (χ3v) is 14.2. The van der Waals surface area contributed by atoms with E-state index in [4.69, 9.17) is 23.0 Å². The first kappa shape index (κ1) is 64.9. The third-order valence-electron chi connectivity index (χ3n) is 12.7. The van der Waals surface area contributed by atoms with Gasteiger partial charge < -0.3 is 59.9 Å². The summed E-state index contributed by atoms with van der Waals surface area (Å²) in [6.07, 6.45) is 2.98. The Kier molecular flexibility index (Phi) is 32.8. The van der Waals surface area contributed by atoms with Crippen LogP contribution in [-0.2, 0) is 46.6 Å². The van der Waals surface area contributed by atoms with E-state index < -0.39 is 132 Å². The molecule has 2 fully saturated rings. The zero-order valence-corrected chi connectivity index (χ0v) is 43.5. The van der Waals surface area contributed by atoms with E-state index in [1.807, 2.05) is 6.92 Å². The van der Waals surface area contributed by atoms with Crippen molar-refractivity contribution in [2.75, 3.05) is 13.2 Å². The highest BCUT2D eigenvalue weighted by Crippen LogP contribution is 2.50. The Balaban J connectivity index is 2.27. The monoisotopic (exact) mass is 1060 g/mol. The molecule has 1 saturated carbocycles. The number of phosphoric acid groups is 2. The van der Waals surface area contributed by atoms with Crippen LogP contribution >= 0.6 is 15.6 Å². The van der Waals surface area contributed by atoms with Gasteiger partial charge in [0.2, 0.25) is 0 Å². The molecule has 0 amide bonds. The Bertz CT molecular complexity index is 1690. The fraction of sp³-hybridized carbons (Fsp3) is 0.816. The summed E-state index contributed by atoms with van der Waals surface area (Å²) in [6, 6.07) is 0. The van der Waals surface area contributed by atoms with Gasteiger partial charge >= 0.3 is 27.6 Å². The minimum Gasteiger partial charge on any atom is -0.462 e. The lowest BCUT2D eigenvalue weighted by atomic mass is 9.82. The Morgan fingerprint density at radius 3 is 2.04 bits per heavy atom. The number of allylic oxidation sites excluding steroid dienone is 4. The highest BCUT2D eigenvalue weighted by Gasteiger charge is 2.52. The molecule has 2 rings (SSSR count). The summed E-state index contributed by atoms with van der Waals surface area (Å²) in [5, 5.41) is 79.7. The standard InChI is InChI=1S/C49H86O20P2/c1-3-5-7-8-9-10-11-12-13-14-15-16-17-18-19-20-22-27-42(54)65-33-37-34-66-71(63,64)69-49-47(59)46(58)44(56)39(31-36(51)26-23-24-28-43(55)67-37)41(53)32-40(52)38(30-29-35(50)25-21-6-4-2)45(57)48(49)68-70(60,61)62/h9-10,12-13,29-30,35,37-41,44-50,52-53,56-59H,3-8,11,14-28,31-34H2,1-2H3,(H,63,64)(H2,60,61,62)/b10-9-,13-12-,30-29+/t35-,37+,38-,39-,40+,41-,44+,45+,46-,47+,48+,49-/m0/s1. The highest BCUT2D eigenvalue weighted by molar-refractivity contribution is 7.47. The Labute approximate surface area is 419 Å². The van der Waals surface area contributed by atoms with Crippen molar-refractivity contribution >= 4 is 33.4 Å². The lowest BCUT2D eigenvalue weighted by Gasteiger charge is -2.38. The molecule has 0 radical (unpaired) electrons. The SMILES string of the molecule is CCCCC/C=C\C/C=C\CCCCCCCCCC(=O)OC[C@@H]1COP(=O)(O)O[C@H]2[C@H](O)[C@@H](O)[C@H](O)[C@@H](CC(=O)CCCCC(=O)O1)[C@@H](O)C[C@@H](O)[C@H](/C=C/[C@@H](O)CCCCC)[C@@H](O)[C@H]2OP(=O)(O)O. The van der Waals surface area contributed by atoms with Gasteiger partial charge in [0, 0.05) is 43.9 Å². The van der Waals surface area contributed by atoms with Crippen LogP contribution in [0.4, 0.5) is 0 Å². The van der Waals surface area contributed by atoms with Gasteiger partial charge in [0.15, 0.2) is 6.10 Å². The summed E-state index contributed by atoms with van der Waals surface area (Å²) in [6.45, 7) is 2.45. The zero-order chi connectivity index (χ0) is 52.8. The molecule has 0 aromatic rings. The van der Waals surface area contributed by atoms with Gasteiger partial charge in [-0.15, -0.1) is 0 Å². The summed E-state index contributed by atoms with van der Waals surface area (Å²) in [4.78, 5) is 70.0. The molecule has 1 unspecified atom stereocenters. The topological polar surface area (TPSA) is 334 Å². The first-order valence-electron chi connectivity index (χ1n) is 25.7. The Morgan fingerprint density at radius 2 is 1.39 bits per heavy atom. The number of cyclic esters (lactones) is 1. The predicted octanol–water partition coefficient (Wildman–Crippen LogP) is 5.85. The maximum atomic E-state index is 13.7. The molecule has 22 heteroatoms. The number of esters is 2. The lowest BCUT2D eigenvalue weighted by molar-refractivity contribution is -0.166. The molecule has 0 spiro atoms. The number of hydrogen-bond donors (Lipinski definition) is 10. The van der Waals surface area contributed by atoms with E-state index in [-0.39, 0.29) is 38.5 Å². The van der Waals surface area contributed by atoms with Crippen LogP contribution in [0.2, 0.25) is 0 Å². The summed E-state index contributed by atoms with van der Waals surface area (Å²) in [5.74, 6) is -5.57. The molecule has 20 nitrogen and oxygen atoms in total. The van der Waals surface area contributed by atoms with Crippen molar-refractivity contribution in [3.8, 4) is 0 Å². The quantitative estimate of drug-likeness (QED) is 0.0210. The van der Waals surface area contributed by atoms with Gasteiger partial charge in [-0.3, -0.25) is 28.0 Å². The summed E-state index contributed by atoms with van der Waals surface area (Å²) in [5.41, 5.74) is 0. The van der Waals surface area contributed by atoms with Crippen molar-refractivity contribution in [3.05, 3.63) is 36.5 Å². The number of carbonyl (C=O) groups is 3. The van der Waals surface area contributed by atoms with E-state index in [0.29, 0.717) is 12.8 Å². The van der Waals surface area contributed by atoms with E-state index in [0.717, 1.165) is 82.8 Å². The van der Waals surface area contributed by atoms with Crippen LogP contribution in [0.25, 0.3) is 0 Å². The molecule has 1 saturated heterocycles. The van der Waals surface area contributed by atoms with Gasteiger partial charge in [0.1, 0.15) is 36.8 Å². The fourth-order valence-electron chi connectivity index (χ4n) is 8.52. The van der Waals surface area contributed by atoms with Crippen LogP contribution in [0.3, 0.4) is 0 Å². The van der Waals surface area contributed by atoms with Crippen molar-refractivity contribution in [2.24, 2.45) is 11.8 Å². The Morgan fingerprint density at radius 1 is 0.789 bits per heavy atom. The van der Waals surface area contributed by atoms with Crippen molar-refractivity contribution in [1.82, 2.24) is 0 Å². The second kappa shape index (κ2) is 35.9. The van der Waals surface area contributed by atoms with E-state index in [1.54, 1.807) is 0 Å². The molecule has 1 heterocycles. The van der Waals surface area contributed by atoms with Crippen LogP contribution < -0.4 is 0 Å². The number of hydrogen-bond acceptors (Lipinski definition) is 17. The summed E-state index contributed by atoms with van der Waals surface area (Å²) < 4.78 is 52.1. The maximum Gasteiger partial charge on any atom is 0.472 e. The molecule has 0 aromatic carbocycles. The lowest BCUT2D eigenvalue weighted by Crippen LogP contribution is -2.56. The van der Waals surface area contributed by atoms with Crippen molar-refractivity contribution in [1.29, 1.82) is 0 Å². The van der Waals surface area contributed by atoms with Gasteiger partial charge in [0.25, 0.3) is 0 Å². The molecule has 2 bridgehead atoms. The van der Waals surface area contributed by atoms with Crippen molar-refractivity contribution < 1.29 is 97.0 Å². The highest BCUT2D eigenvalue weighted by atomic mass is 31.2. The summed E-state index contributed by atoms with van der Waals surface area (Å²) >= 11 is 0. The van der Waals surface area contributed by atoms with E-state index in [1.165, 1.54) is 19.3 Å². The average Bonchev–Trinajstić information content (AvgIpc) is 3.31. The minimum absolute atomic E-state index is 0.0205. The predicted molar refractivity (Wildman–Crippen MR) is 262 cm³/mol. The number of phosphoric ester groups is 2. The van der Waals surface area contributed by atoms with Crippen molar-refractivity contribution in [2.45, 2.75) is 229 Å². The van der Waals surface area contributed by atoms with Gasteiger partial charge in [-0.1, -0.05) is 115 Å². The molecule has 71 heavy (non-hydrogen) atoms. The van der Waals surface area contributed by atoms with E-state index >= 15 is 0 Å². The van der Waals surface area contributed by atoms with E-state index in [2.05, 4.69) is 31.2 Å². The third kappa shape index (κ3) is 27.8. The number of Topliss-reactive ketones (excluding diaryl/α,β-unsaturated/α-hetero) is 1. The van der Waals surface area contributed by atoms with Crippen LogP contribution in [0.1, 0.15) is 168 Å². The van der Waals surface area contributed by atoms with Crippen molar-refractivity contribution in [3.63, 3.8) is 0 Å². The number of ketones is 1. The first-order valence-corrected chi connectivity index (χ1v) is 28.7. The number of rotatable bonds is 26. The number of fused-ring (bicyclic) bond motifs is 4. The average molecular weight is 1060 g/mol. The van der Waals surface area contributed by atoms with Crippen LogP contribution in [0, 0.1) is 11.8 Å². The summed E-state index contributed by atoms with van der Waals surface area (Å²) in [7, 11) is -11.5. The largest absolute Gasteiger partial charge is 0.472 e. The molecule has 10 N–H and O–H groups in total. The van der Waals surface area contributed by atoms with Gasteiger partial charge in [-0.25, -0.2) is 9.13 Å². The number of carbonyl (C=O) groups excluding carboxylic acids is 3. The number of ether oxygens (including phenoxy) is 2. The number of unbranched alkanes of at least 4 members (excludes halogenated alkanes) is 12. The molecule has 1 aliphatic carbocycles. The molecule has 412 valence electrons. The van der Waals surface area contributed by atoms with Gasteiger partial charge in [-0.2, -0.15) is 0 Å². The maximum absolute atomic E-state index is 13.7. The van der Waals surface area contributed by atoms with Gasteiger partial charge in [-0.05, 0) is 57.8 Å². The van der Waals surface area contributed by atoms with Crippen LogP contribution in [-0.4, -0.2) is 142 Å². The van der Waals surface area contributed by atoms with Crippen LogP contribution in [0.5, 0.6) is 0 Å². The molecule has 2 aliphatic rings. The molecular formula is C49H86O20P2.